The van der Waals surface area contributed by atoms with Crippen LogP contribution in [0.4, 0.5) is 0 Å². The van der Waals surface area contributed by atoms with E-state index in [1.165, 1.54) is 10.6 Å². The standard InChI is InChI=1S/C29H28N2O4.C22H22N2O4.C21H20N2O4.C18H19NO3.C2H5O.Na/c1-3-34-29(33)26-21(2)30-27(31(28(26)32)19-18-22-12-6-4-7-13-22)24-16-10-11-17-25(24)35-20-23-14-8-5-9-15-23;1-3-28-22(27)19-15(2)23-20(17-11-7-8-12-18(17)25)24(21(19)26)14-13-16-9-5-4-6-10-16;1-3-26-21(25)18-14(2)22-19(23-20(18)24)16-11-7-8-12-17(16)27-13-15-9-5-4-6-10-15;1-3-21-14(2)19-18(20)16-11-7-8-12-17(16)22-13-15-9-5-4-6-10-15;1-2-3;/h4-17H,3,18-20H2,1-2H3;4-12,25H,3,13-14H2,1-2H3;4-12H,3,13H2,1-2H3,(H,22,23,24);4-12H,3,13H2,1-2H3;2H2,1H3;/q;;;;-1;+1. The number of carbonyl (C=O) groups is 4. The van der Waals surface area contributed by atoms with Gasteiger partial charge in [-0.15, -0.1) is 6.61 Å². The van der Waals surface area contributed by atoms with E-state index < -0.39 is 34.6 Å². The molecular formula is C92H94N7NaO16. The fourth-order valence-corrected chi connectivity index (χ4v) is 11.6. The SMILES string of the molecule is CCOC(=O)c1c(C)nc(-c2ccccc2O)n(CCc2ccccc2)c1=O.CCOC(=O)c1c(C)nc(-c2ccccc2OCc2ccccc2)[nH]c1=O.CCOC(=O)c1c(C)nc(-c2ccccc2OCc2ccccc2)n(CCc2ccccc2)c1=O.CCOC(C)=NC(=O)c1ccccc1OCc1ccccc1.CC[O-].[Na+]. The molecule has 0 unspecified atom stereocenters. The van der Waals surface area contributed by atoms with Crippen molar-refractivity contribution in [3.05, 3.63) is 347 Å². The van der Waals surface area contributed by atoms with Crippen LogP contribution in [0, 0.1) is 20.8 Å². The summed E-state index contributed by atoms with van der Waals surface area (Å²) in [7, 11) is 0. The molecule has 12 rings (SSSR count). The Balaban J connectivity index is 0.000000213. The number of carbonyl (C=O) groups excluding carboxylic acids is 4. The van der Waals surface area contributed by atoms with Gasteiger partial charge < -0.3 is 48.4 Å². The molecule has 9 aromatic carbocycles. The van der Waals surface area contributed by atoms with Crippen molar-refractivity contribution in [3.63, 3.8) is 0 Å². The summed E-state index contributed by atoms with van der Waals surface area (Å²) in [4.78, 5) is 108. The number of hydrogen-bond donors (Lipinski definition) is 2. The molecule has 0 bridgehead atoms. The first-order valence-electron chi connectivity index (χ1n) is 37.6. The normalized spacial score (nSPS) is 10.5. The molecule has 0 saturated carbocycles. The van der Waals surface area contributed by atoms with Gasteiger partial charge in [-0.3, -0.25) is 28.3 Å². The Morgan fingerprint density at radius 2 is 0.741 bits per heavy atom. The van der Waals surface area contributed by atoms with Crippen LogP contribution in [0.1, 0.15) is 128 Å². The number of aromatic nitrogens is 6. The Morgan fingerprint density at radius 1 is 0.414 bits per heavy atom. The van der Waals surface area contributed by atoms with Gasteiger partial charge in [-0.25, -0.2) is 29.3 Å². The molecule has 24 heteroatoms. The molecule has 0 aliphatic heterocycles. The van der Waals surface area contributed by atoms with E-state index in [1.54, 1.807) is 96.4 Å². The largest absolute Gasteiger partial charge is 1.00 e. The second-order valence-electron chi connectivity index (χ2n) is 25.2. The predicted molar refractivity (Wildman–Crippen MR) is 441 cm³/mol. The number of esters is 3. The molecule has 0 aliphatic carbocycles. The number of rotatable bonds is 26. The Bertz CT molecular complexity index is 5380. The van der Waals surface area contributed by atoms with E-state index in [9.17, 15) is 38.7 Å². The number of nitrogens with zero attached hydrogens (tertiary/aromatic N) is 6. The fraction of sp³-hybridized carbons (Fsp3) is 0.228. The Kier molecular flexibility index (Phi) is 37.3. The van der Waals surface area contributed by atoms with Gasteiger partial charge in [-0.1, -0.05) is 207 Å². The number of nitrogens with one attached hydrogen (secondary N) is 1. The molecule has 594 valence electrons. The summed E-state index contributed by atoms with van der Waals surface area (Å²) < 4.78 is 41.1. The quantitative estimate of drug-likeness (QED) is 0.0167. The van der Waals surface area contributed by atoms with Gasteiger partial charge in [0.05, 0.1) is 65.8 Å². The van der Waals surface area contributed by atoms with Crippen LogP contribution in [0.2, 0.25) is 0 Å². The van der Waals surface area contributed by atoms with E-state index in [0.717, 1.165) is 27.8 Å². The first-order chi connectivity index (χ1) is 55.8. The summed E-state index contributed by atoms with van der Waals surface area (Å²) in [5.74, 6) is 0.831. The molecule has 23 nitrogen and oxygen atoms in total. The summed E-state index contributed by atoms with van der Waals surface area (Å²) in [5, 5.41) is 19.2. The van der Waals surface area contributed by atoms with Crippen molar-refractivity contribution in [2.75, 3.05) is 33.0 Å². The maximum atomic E-state index is 13.6. The van der Waals surface area contributed by atoms with Crippen LogP contribution >= 0.6 is 0 Å². The van der Waals surface area contributed by atoms with E-state index >= 15 is 0 Å². The minimum atomic E-state index is -0.685. The molecular weight excluding hydrogens is 1480 g/mol. The number of para-hydroxylation sites is 4. The second kappa shape index (κ2) is 47.8. The van der Waals surface area contributed by atoms with Crippen LogP contribution in [-0.2, 0) is 64.7 Å². The number of aliphatic imine (C=N–C) groups is 1. The van der Waals surface area contributed by atoms with E-state index in [0.29, 0.717) is 127 Å². The third kappa shape index (κ3) is 26.5. The smallest absolute Gasteiger partial charge is 0.855 e. The molecule has 1 amide bonds. The molecule has 3 aromatic heterocycles. The molecule has 0 saturated heterocycles. The zero-order valence-electron chi connectivity index (χ0n) is 66.9. The molecule has 0 fully saturated rings. The summed E-state index contributed by atoms with van der Waals surface area (Å²) >= 11 is 0. The minimum Gasteiger partial charge on any atom is -0.855 e. The maximum absolute atomic E-state index is 13.6. The van der Waals surface area contributed by atoms with Gasteiger partial charge in [0.25, 0.3) is 22.6 Å². The number of amides is 1. The number of aromatic amines is 1. The van der Waals surface area contributed by atoms with Gasteiger partial charge in [0.1, 0.15) is 77.0 Å². The monoisotopic (exact) mass is 1580 g/mol. The average Bonchev–Trinajstić information content (AvgIpc) is 0.781. The van der Waals surface area contributed by atoms with Gasteiger partial charge >= 0.3 is 47.5 Å². The molecule has 116 heavy (non-hydrogen) atoms. The fourth-order valence-electron chi connectivity index (χ4n) is 11.6. The van der Waals surface area contributed by atoms with E-state index in [-0.39, 0.29) is 90.0 Å². The Morgan fingerprint density at radius 3 is 1.16 bits per heavy atom. The number of phenolic OH excluding ortho intramolecular Hbond substituents is 1. The van der Waals surface area contributed by atoms with Crippen molar-refractivity contribution in [2.24, 2.45) is 4.99 Å². The van der Waals surface area contributed by atoms with Crippen molar-refractivity contribution in [1.82, 2.24) is 29.1 Å². The number of benzene rings is 9. The molecule has 0 aliphatic rings. The van der Waals surface area contributed by atoms with Gasteiger partial charge in [0, 0.05) is 20.0 Å². The average molecular weight is 1580 g/mol. The van der Waals surface area contributed by atoms with Gasteiger partial charge in [0.15, 0.2) is 5.90 Å². The van der Waals surface area contributed by atoms with Crippen LogP contribution < -0.4 is 65.6 Å². The van der Waals surface area contributed by atoms with Gasteiger partial charge in [-0.2, -0.15) is 4.99 Å². The second-order valence-corrected chi connectivity index (χ2v) is 25.2. The zero-order valence-corrected chi connectivity index (χ0v) is 68.9. The zero-order chi connectivity index (χ0) is 82.4. The van der Waals surface area contributed by atoms with Crippen LogP contribution in [-0.4, -0.2) is 96.9 Å². The third-order valence-corrected chi connectivity index (χ3v) is 17.0. The summed E-state index contributed by atoms with van der Waals surface area (Å²) in [6.45, 7) is 17.9. The number of aromatic hydroxyl groups is 1. The minimum absolute atomic E-state index is 0. The van der Waals surface area contributed by atoms with E-state index in [4.69, 9.17) is 43.2 Å². The topological polar surface area (TPSA) is 304 Å². The summed E-state index contributed by atoms with van der Waals surface area (Å²) in [6.07, 6.45) is 1.18. The number of ether oxygens (including phenoxy) is 7. The molecule has 12 aromatic rings. The molecule has 0 radical (unpaired) electrons. The number of phenols is 1. The number of aryl methyl sites for hydroxylation is 5. The van der Waals surface area contributed by atoms with Crippen LogP contribution in [0.3, 0.4) is 0 Å². The van der Waals surface area contributed by atoms with Crippen molar-refractivity contribution in [2.45, 2.75) is 108 Å². The van der Waals surface area contributed by atoms with Crippen molar-refractivity contribution < 1.29 is 92.1 Å². The Hall–Kier alpha value is -12.7. The summed E-state index contributed by atoms with van der Waals surface area (Å²) in [5.41, 5.74) is 6.73. The van der Waals surface area contributed by atoms with Gasteiger partial charge in [-0.05, 0) is 138 Å². The summed E-state index contributed by atoms with van der Waals surface area (Å²) in [6, 6.07) is 77.7. The van der Waals surface area contributed by atoms with E-state index in [1.807, 2.05) is 213 Å². The Labute approximate surface area is 696 Å². The van der Waals surface area contributed by atoms with E-state index in [2.05, 4.69) is 19.9 Å². The number of hydrogen-bond acceptors (Lipinski definition) is 19. The first-order valence-corrected chi connectivity index (χ1v) is 37.6. The predicted octanol–water partition coefficient (Wildman–Crippen LogP) is 12.3. The van der Waals surface area contributed by atoms with Crippen LogP contribution in [0.15, 0.2) is 268 Å². The first kappa shape index (κ1) is 90.5. The van der Waals surface area contributed by atoms with Crippen molar-refractivity contribution >= 4 is 29.7 Å². The third-order valence-electron chi connectivity index (χ3n) is 17.0. The molecule has 3 heterocycles. The molecule has 0 spiro atoms. The van der Waals surface area contributed by atoms with Gasteiger partial charge in [0.2, 0.25) is 0 Å². The number of H-pyrrole nitrogens is 1. The van der Waals surface area contributed by atoms with Crippen molar-refractivity contribution in [1.29, 1.82) is 0 Å². The van der Waals surface area contributed by atoms with Crippen LogP contribution in [0.25, 0.3) is 34.2 Å². The maximum Gasteiger partial charge on any atom is 1.00 e. The molecule has 0 atom stereocenters. The molecule has 2 N–H and O–H groups in total. The van der Waals surface area contributed by atoms with Crippen LogP contribution in [0.5, 0.6) is 23.0 Å². The van der Waals surface area contributed by atoms with Crippen molar-refractivity contribution in [3.8, 4) is 57.2 Å².